The van der Waals surface area contributed by atoms with Crippen LogP contribution in [0.1, 0.15) is 51.3 Å². The van der Waals surface area contributed by atoms with Crippen LogP contribution in [0.3, 0.4) is 0 Å². The lowest BCUT2D eigenvalue weighted by Crippen LogP contribution is -2.37. The molecule has 0 radical (unpaired) electrons. The van der Waals surface area contributed by atoms with E-state index in [2.05, 4.69) is 56.5 Å². The molecule has 0 heterocycles. The second kappa shape index (κ2) is 9.04. The van der Waals surface area contributed by atoms with E-state index >= 15 is 0 Å². The quantitative estimate of drug-likeness (QED) is 0.689. The number of amides is 1. The lowest BCUT2D eigenvalue weighted by molar-refractivity contribution is -0.119. The molecule has 1 amide bonds. The molecule has 0 unspecified atom stereocenters. The van der Waals surface area contributed by atoms with Gasteiger partial charge in [-0.15, -0.1) is 0 Å². The summed E-state index contributed by atoms with van der Waals surface area (Å²) < 4.78 is 0. The number of hydrogen-bond acceptors (Lipinski definition) is 3. The average molecular weight is 320 g/mol. The van der Waals surface area contributed by atoms with Crippen LogP contribution in [-0.2, 0) is 24.2 Å². The molecule has 1 atom stereocenters. The molecule has 0 saturated heterocycles. The Hall–Kier alpha value is -1.39. The Balaban J connectivity index is 2.58. The number of carbonyl (C=O) groups excluding carboxylic acids is 1. The molecule has 1 aromatic rings. The Labute approximate surface area is 140 Å². The summed E-state index contributed by atoms with van der Waals surface area (Å²) in [6.45, 7) is 11.9. The molecule has 3 N–H and O–H groups in total. The van der Waals surface area contributed by atoms with E-state index in [1.54, 1.807) is 0 Å². The number of rotatable bonds is 8. The predicted octanol–water partition coefficient (Wildman–Crippen LogP) is 2.42. The van der Waals surface area contributed by atoms with Crippen LogP contribution in [0.15, 0.2) is 18.2 Å². The summed E-state index contributed by atoms with van der Waals surface area (Å²) >= 11 is 0. The van der Waals surface area contributed by atoms with Gasteiger partial charge in [-0.2, -0.15) is 0 Å². The van der Waals surface area contributed by atoms with Gasteiger partial charge in [-0.1, -0.05) is 45.9 Å². The van der Waals surface area contributed by atoms with E-state index < -0.39 is 6.10 Å². The van der Waals surface area contributed by atoms with E-state index in [0.717, 1.165) is 19.4 Å². The zero-order valence-electron chi connectivity index (χ0n) is 15.2. The third-order valence-electron chi connectivity index (χ3n) is 3.55. The Morgan fingerprint density at radius 3 is 2.30 bits per heavy atom. The van der Waals surface area contributed by atoms with Gasteiger partial charge in [0.15, 0.2) is 0 Å². The number of aliphatic hydroxyl groups is 1. The normalized spacial score (nSPS) is 13.0. The fourth-order valence-corrected chi connectivity index (χ4v) is 2.58. The highest BCUT2D eigenvalue weighted by Crippen LogP contribution is 2.22. The second-order valence-electron chi connectivity index (χ2n) is 7.47. The fraction of sp³-hybridized carbons (Fsp3) is 0.632. The van der Waals surface area contributed by atoms with Crippen molar-refractivity contribution in [1.82, 2.24) is 10.6 Å². The van der Waals surface area contributed by atoms with E-state index in [4.69, 9.17) is 0 Å². The molecular weight excluding hydrogens is 288 g/mol. The van der Waals surface area contributed by atoms with Crippen molar-refractivity contribution >= 4 is 5.91 Å². The molecule has 1 rings (SSSR count). The monoisotopic (exact) mass is 320 g/mol. The van der Waals surface area contributed by atoms with E-state index in [-0.39, 0.29) is 17.9 Å². The van der Waals surface area contributed by atoms with Gasteiger partial charge in [0.05, 0.1) is 6.10 Å². The van der Waals surface area contributed by atoms with Crippen LogP contribution in [0.5, 0.6) is 0 Å². The lowest BCUT2D eigenvalue weighted by Gasteiger charge is -2.20. The third-order valence-corrected chi connectivity index (χ3v) is 3.55. The van der Waals surface area contributed by atoms with Crippen molar-refractivity contribution in [2.75, 3.05) is 13.1 Å². The summed E-state index contributed by atoms with van der Waals surface area (Å²) in [5, 5.41) is 15.7. The van der Waals surface area contributed by atoms with Crippen LogP contribution in [0.4, 0.5) is 0 Å². The molecule has 0 aliphatic heterocycles. The van der Waals surface area contributed by atoms with Crippen molar-refractivity contribution in [2.24, 2.45) is 5.41 Å². The van der Waals surface area contributed by atoms with Crippen molar-refractivity contribution in [3.63, 3.8) is 0 Å². The smallest absolute Gasteiger partial charge is 0.216 e. The van der Waals surface area contributed by atoms with Gasteiger partial charge < -0.3 is 15.7 Å². The van der Waals surface area contributed by atoms with Crippen molar-refractivity contribution in [2.45, 2.75) is 60.1 Å². The molecule has 0 fully saturated rings. The van der Waals surface area contributed by atoms with E-state index in [9.17, 15) is 9.90 Å². The Morgan fingerprint density at radius 2 is 1.74 bits per heavy atom. The van der Waals surface area contributed by atoms with Gasteiger partial charge in [-0.05, 0) is 34.9 Å². The summed E-state index contributed by atoms with van der Waals surface area (Å²) in [7, 11) is 0. The van der Waals surface area contributed by atoms with Crippen LogP contribution in [0.25, 0.3) is 0 Å². The van der Waals surface area contributed by atoms with E-state index in [1.165, 1.54) is 23.6 Å². The molecule has 4 heteroatoms. The number of carbonyl (C=O) groups is 1. The maximum absolute atomic E-state index is 10.8. The first-order valence-electron chi connectivity index (χ1n) is 8.44. The van der Waals surface area contributed by atoms with Gasteiger partial charge in [0.1, 0.15) is 0 Å². The summed E-state index contributed by atoms with van der Waals surface area (Å²) in [5.74, 6) is -0.119. The highest BCUT2D eigenvalue weighted by atomic mass is 16.3. The minimum absolute atomic E-state index is 0.119. The summed E-state index contributed by atoms with van der Waals surface area (Å²) in [6, 6.07) is 6.76. The van der Waals surface area contributed by atoms with Gasteiger partial charge >= 0.3 is 0 Å². The van der Waals surface area contributed by atoms with Crippen molar-refractivity contribution in [3.05, 3.63) is 34.9 Å². The number of hydrogen-bond donors (Lipinski definition) is 3. The zero-order chi connectivity index (χ0) is 17.5. The Kier molecular flexibility index (Phi) is 7.73. The molecule has 23 heavy (non-hydrogen) atoms. The number of nitrogens with one attached hydrogen (secondary N) is 2. The standard InChI is InChI=1S/C19H32N2O2/c1-6-15-7-16(10-19(3,4)5)9-17(8-15)11-20-12-18(23)13-21-14(2)22/h7-9,18,20,23H,6,10-13H2,1-5H3,(H,21,22)/t18-/m1/s1. The van der Waals surface area contributed by atoms with Crippen LogP contribution in [0, 0.1) is 5.41 Å². The third kappa shape index (κ3) is 8.72. The molecule has 1 aromatic carbocycles. The van der Waals surface area contributed by atoms with Crippen LogP contribution in [-0.4, -0.2) is 30.2 Å². The molecule has 0 aliphatic rings. The van der Waals surface area contributed by atoms with Gasteiger partial charge in [0.25, 0.3) is 0 Å². The molecule has 0 aromatic heterocycles. The minimum Gasteiger partial charge on any atom is -0.390 e. The largest absolute Gasteiger partial charge is 0.390 e. The molecule has 0 aliphatic carbocycles. The van der Waals surface area contributed by atoms with Crippen LogP contribution < -0.4 is 10.6 Å². The van der Waals surface area contributed by atoms with Crippen LogP contribution >= 0.6 is 0 Å². The van der Waals surface area contributed by atoms with Gasteiger partial charge in [-0.25, -0.2) is 0 Å². The first kappa shape index (κ1) is 19.7. The van der Waals surface area contributed by atoms with Gasteiger partial charge in [0.2, 0.25) is 5.91 Å². The van der Waals surface area contributed by atoms with Crippen molar-refractivity contribution < 1.29 is 9.90 Å². The van der Waals surface area contributed by atoms with Crippen molar-refractivity contribution in [3.8, 4) is 0 Å². The Bertz CT molecular complexity index is 507. The predicted molar refractivity (Wildman–Crippen MR) is 95.4 cm³/mol. The lowest BCUT2D eigenvalue weighted by atomic mass is 9.87. The van der Waals surface area contributed by atoms with Gasteiger partial charge in [0, 0.05) is 26.6 Å². The van der Waals surface area contributed by atoms with E-state index in [1.807, 2.05) is 0 Å². The maximum atomic E-state index is 10.8. The second-order valence-corrected chi connectivity index (χ2v) is 7.47. The van der Waals surface area contributed by atoms with Crippen LogP contribution in [0.2, 0.25) is 0 Å². The zero-order valence-corrected chi connectivity index (χ0v) is 15.2. The molecule has 0 spiro atoms. The van der Waals surface area contributed by atoms with Crippen molar-refractivity contribution in [1.29, 1.82) is 0 Å². The fourth-order valence-electron chi connectivity index (χ4n) is 2.58. The summed E-state index contributed by atoms with van der Waals surface area (Å²) in [4.78, 5) is 10.8. The summed E-state index contributed by atoms with van der Waals surface area (Å²) in [5.41, 5.74) is 4.23. The number of benzene rings is 1. The number of aryl methyl sites for hydroxylation is 1. The maximum Gasteiger partial charge on any atom is 0.216 e. The minimum atomic E-state index is -0.567. The molecular formula is C19H32N2O2. The molecule has 0 bridgehead atoms. The molecule has 4 nitrogen and oxygen atoms in total. The first-order chi connectivity index (χ1) is 10.7. The number of aliphatic hydroxyl groups excluding tert-OH is 1. The average Bonchev–Trinajstić information content (AvgIpc) is 2.43. The molecule has 130 valence electrons. The highest BCUT2D eigenvalue weighted by Gasteiger charge is 2.12. The first-order valence-corrected chi connectivity index (χ1v) is 8.44. The highest BCUT2D eigenvalue weighted by molar-refractivity contribution is 5.72. The summed E-state index contributed by atoms with van der Waals surface area (Å²) in [6.07, 6.45) is 1.51. The Morgan fingerprint density at radius 1 is 1.13 bits per heavy atom. The van der Waals surface area contributed by atoms with E-state index in [0.29, 0.717) is 6.54 Å². The molecule has 0 saturated carbocycles. The topological polar surface area (TPSA) is 61.4 Å². The SMILES string of the molecule is CCc1cc(CNC[C@@H](O)CNC(C)=O)cc(CC(C)(C)C)c1. The van der Waals surface area contributed by atoms with Gasteiger partial charge in [-0.3, -0.25) is 4.79 Å².